The van der Waals surface area contributed by atoms with Gasteiger partial charge in [-0.1, -0.05) is 11.6 Å². The Morgan fingerprint density at radius 3 is 2.29 bits per heavy atom. The fourth-order valence-electron chi connectivity index (χ4n) is 2.88. The van der Waals surface area contributed by atoms with Gasteiger partial charge in [0, 0.05) is 24.2 Å². The van der Waals surface area contributed by atoms with Crippen molar-refractivity contribution in [3.8, 4) is 0 Å². The third kappa shape index (κ3) is 4.69. The summed E-state index contributed by atoms with van der Waals surface area (Å²) in [5.41, 5.74) is 5.90. The molecule has 6 nitrogen and oxygen atoms in total. The third-order valence-electron chi connectivity index (χ3n) is 4.42. The van der Waals surface area contributed by atoms with Gasteiger partial charge in [-0.25, -0.2) is 8.42 Å². The van der Waals surface area contributed by atoms with E-state index in [0.717, 1.165) is 12.8 Å². The average Bonchev–Trinajstić information content (AvgIpc) is 2.54. The molecule has 24 heavy (non-hydrogen) atoms. The maximum atomic E-state index is 12.5. The highest BCUT2D eigenvalue weighted by Gasteiger charge is 2.29. The Morgan fingerprint density at radius 2 is 1.79 bits per heavy atom. The second-order valence-electron chi connectivity index (χ2n) is 6.32. The minimum atomic E-state index is -3.76. The van der Waals surface area contributed by atoms with Crippen LogP contribution in [0.15, 0.2) is 29.2 Å². The summed E-state index contributed by atoms with van der Waals surface area (Å²) in [6.07, 6.45) is 1.69. The zero-order valence-corrected chi connectivity index (χ0v) is 15.5. The van der Waals surface area contributed by atoms with Crippen LogP contribution in [-0.4, -0.2) is 44.4 Å². The molecule has 1 aliphatic rings. The van der Waals surface area contributed by atoms with E-state index < -0.39 is 16.1 Å². The van der Waals surface area contributed by atoms with Crippen molar-refractivity contribution in [1.82, 2.24) is 9.62 Å². The highest BCUT2D eigenvalue weighted by Crippen LogP contribution is 2.20. The van der Waals surface area contributed by atoms with Crippen LogP contribution in [0.4, 0.5) is 0 Å². The number of amides is 1. The van der Waals surface area contributed by atoms with E-state index >= 15 is 0 Å². The van der Waals surface area contributed by atoms with Gasteiger partial charge >= 0.3 is 0 Å². The molecule has 1 aromatic carbocycles. The molecule has 8 heteroatoms. The Kier molecular flexibility index (Phi) is 6.25. The van der Waals surface area contributed by atoms with Crippen molar-refractivity contribution in [2.24, 2.45) is 11.7 Å². The fraction of sp³-hybridized carbons (Fsp3) is 0.562. The van der Waals surface area contributed by atoms with Crippen LogP contribution < -0.4 is 10.5 Å². The predicted molar refractivity (Wildman–Crippen MR) is 94.2 cm³/mol. The number of nitrogens with zero attached hydrogens (tertiary/aromatic N) is 1. The summed E-state index contributed by atoms with van der Waals surface area (Å²) in [5.74, 6) is 0.200. The number of carbonyl (C=O) groups is 1. The Morgan fingerprint density at radius 1 is 1.25 bits per heavy atom. The molecule has 1 aromatic rings. The van der Waals surface area contributed by atoms with Gasteiger partial charge in [0.05, 0.1) is 10.9 Å². The SMILES string of the molecule is CC(NS(=O)(=O)c1ccc(Cl)cc1)C(=O)N1CCC(C(C)N)CC1. The average molecular weight is 374 g/mol. The van der Waals surface area contributed by atoms with E-state index in [4.69, 9.17) is 17.3 Å². The number of piperidine rings is 1. The van der Waals surface area contributed by atoms with Gasteiger partial charge < -0.3 is 10.6 Å². The van der Waals surface area contributed by atoms with Crippen LogP contribution in [0.25, 0.3) is 0 Å². The quantitative estimate of drug-likeness (QED) is 0.819. The molecule has 0 radical (unpaired) electrons. The number of benzene rings is 1. The van der Waals surface area contributed by atoms with E-state index in [9.17, 15) is 13.2 Å². The van der Waals surface area contributed by atoms with Crippen LogP contribution in [0, 0.1) is 5.92 Å². The number of halogens is 1. The highest BCUT2D eigenvalue weighted by atomic mass is 35.5. The van der Waals surface area contributed by atoms with Gasteiger partial charge in [-0.2, -0.15) is 4.72 Å². The van der Waals surface area contributed by atoms with Crippen LogP contribution in [0.5, 0.6) is 0 Å². The number of nitrogens with two attached hydrogens (primary N) is 1. The number of hydrogen-bond acceptors (Lipinski definition) is 4. The number of carbonyl (C=O) groups excluding carboxylic acids is 1. The van der Waals surface area contributed by atoms with E-state index in [1.165, 1.54) is 24.3 Å². The Labute approximate surface area is 148 Å². The van der Waals surface area contributed by atoms with Crippen LogP contribution in [0.3, 0.4) is 0 Å². The largest absolute Gasteiger partial charge is 0.341 e. The predicted octanol–water partition coefficient (Wildman–Crippen LogP) is 1.59. The minimum Gasteiger partial charge on any atom is -0.341 e. The molecule has 134 valence electrons. The lowest BCUT2D eigenvalue weighted by Crippen LogP contribution is -2.50. The molecule has 2 rings (SSSR count). The molecule has 1 aliphatic heterocycles. The van der Waals surface area contributed by atoms with Gasteiger partial charge in [0.2, 0.25) is 15.9 Å². The summed E-state index contributed by atoms with van der Waals surface area (Å²) < 4.78 is 27.1. The molecule has 1 fully saturated rings. The lowest BCUT2D eigenvalue weighted by molar-refractivity contribution is -0.134. The van der Waals surface area contributed by atoms with Crippen molar-refractivity contribution in [2.75, 3.05) is 13.1 Å². The van der Waals surface area contributed by atoms with E-state index in [1.807, 2.05) is 6.92 Å². The van der Waals surface area contributed by atoms with Crippen molar-refractivity contribution >= 4 is 27.5 Å². The maximum Gasteiger partial charge on any atom is 0.241 e. The summed E-state index contributed by atoms with van der Waals surface area (Å²) >= 11 is 5.77. The van der Waals surface area contributed by atoms with Gasteiger partial charge in [0.25, 0.3) is 0 Å². The topological polar surface area (TPSA) is 92.5 Å². The molecule has 2 unspecified atom stereocenters. The summed E-state index contributed by atoms with van der Waals surface area (Å²) in [7, 11) is -3.76. The molecule has 3 N–H and O–H groups in total. The monoisotopic (exact) mass is 373 g/mol. The van der Waals surface area contributed by atoms with Crippen LogP contribution in [0.2, 0.25) is 5.02 Å². The summed E-state index contributed by atoms with van der Waals surface area (Å²) in [6, 6.07) is 5.12. The Balaban J connectivity index is 1.97. The van der Waals surface area contributed by atoms with Gasteiger partial charge in [-0.15, -0.1) is 0 Å². The van der Waals surface area contributed by atoms with Crippen LogP contribution in [0.1, 0.15) is 26.7 Å². The van der Waals surface area contributed by atoms with E-state index in [1.54, 1.807) is 11.8 Å². The van der Waals surface area contributed by atoms with Crippen LogP contribution >= 0.6 is 11.6 Å². The lowest BCUT2D eigenvalue weighted by atomic mass is 9.91. The standard InChI is InChI=1S/C16H24ClN3O3S/c1-11(18)13-7-9-20(10-8-13)16(21)12(2)19-24(22,23)15-5-3-14(17)4-6-15/h3-6,11-13,19H,7-10,18H2,1-2H3. The van der Waals surface area contributed by atoms with Crippen molar-refractivity contribution in [3.05, 3.63) is 29.3 Å². The molecule has 1 amide bonds. The molecule has 2 atom stereocenters. The van der Waals surface area contributed by atoms with Crippen molar-refractivity contribution < 1.29 is 13.2 Å². The van der Waals surface area contributed by atoms with E-state index in [2.05, 4.69) is 4.72 Å². The molecule has 0 aromatic heterocycles. The van der Waals surface area contributed by atoms with E-state index in [0.29, 0.717) is 24.0 Å². The number of likely N-dealkylation sites (tertiary alicyclic amines) is 1. The first kappa shape index (κ1) is 19.2. The Hall–Kier alpha value is -1.15. The first-order chi connectivity index (χ1) is 11.2. The van der Waals surface area contributed by atoms with Crippen LogP contribution in [-0.2, 0) is 14.8 Å². The van der Waals surface area contributed by atoms with E-state index in [-0.39, 0.29) is 16.8 Å². The first-order valence-corrected chi connectivity index (χ1v) is 9.89. The highest BCUT2D eigenvalue weighted by molar-refractivity contribution is 7.89. The molecular weight excluding hydrogens is 350 g/mol. The van der Waals surface area contributed by atoms with Crippen molar-refractivity contribution in [3.63, 3.8) is 0 Å². The summed E-state index contributed by atoms with van der Waals surface area (Å²) in [6.45, 7) is 4.76. The fourth-order valence-corrected chi connectivity index (χ4v) is 4.21. The summed E-state index contributed by atoms with van der Waals surface area (Å²) in [5, 5.41) is 0.454. The first-order valence-electron chi connectivity index (χ1n) is 8.03. The number of nitrogens with one attached hydrogen (secondary N) is 1. The number of rotatable bonds is 5. The third-order valence-corrected chi connectivity index (χ3v) is 6.23. The molecule has 1 heterocycles. The van der Waals surface area contributed by atoms with Gasteiger partial charge in [0.15, 0.2) is 0 Å². The van der Waals surface area contributed by atoms with Crippen molar-refractivity contribution in [2.45, 2.75) is 43.7 Å². The zero-order valence-electron chi connectivity index (χ0n) is 13.9. The number of sulfonamides is 1. The smallest absolute Gasteiger partial charge is 0.241 e. The lowest BCUT2D eigenvalue weighted by Gasteiger charge is -2.35. The molecule has 0 bridgehead atoms. The second kappa shape index (κ2) is 7.82. The molecular formula is C16H24ClN3O3S. The van der Waals surface area contributed by atoms with Gasteiger partial charge in [0.1, 0.15) is 0 Å². The molecule has 1 saturated heterocycles. The normalized spacial score (nSPS) is 19.1. The second-order valence-corrected chi connectivity index (χ2v) is 8.47. The summed E-state index contributed by atoms with van der Waals surface area (Å²) in [4.78, 5) is 14.3. The minimum absolute atomic E-state index is 0.0854. The number of hydrogen-bond donors (Lipinski definition) is 2. The van der Waals surface area contributed by atoms with Gasteiger partial charge in [-0.3, -0.25) is 4.79 Å². The van der Waals surface area contributed by atoms with Crippen molar-refractivity contribution in [1.29, 1.82) is 0 Å². The molecule has 0 spiro atoms. The molecule has 0 saturated carbocycles. The maximum absolute atomic E-state index is 12.5. The Bertz CT molecular complexity index is 668. The van der Waals surface area contributed by atoms with Gasteiger partial charge in [-0.05, 0) is 56.9 Å². The molecule has 0 aliphatic carbocycles. The zero-order chi connectivity index (χ0) is 17.9.